The number of nitrogens with one attached hydrogen (secondary N) is 1. The number of ketones is 1. The Balaban J connectivity index is 2.14. The van der Waals surface area contributed by atoms with Gasteiger partial charge in [-0.05, 0) is 52.9 Å². The van der Waals surface area contributed by atoms with Crippen molar-refractivity contribution in [2.45, 2.75) is 43.9 Å². The van der Waals surface area contributed by atoms with Crippen molar-refractivity contribution in [3.05, 3.63) is 23.5 Å². The summed E-state index contributed by atoms with van der Waals surface area (Å²) >= 11 is 0. The van der Waals surface area contributed by atoms with Crippen molar-refractivity contribution < 1.29 is 18.0 Å². The van der Waals surface area contributed by atoms with Crippen molar-refractivity contribution in [1.29, 1.82) is 0 Å². The lowest BCUT2D eigenvalue weighted by Gasteiger charge is -2.53. The molecule has 1 N–H and O–H groups in total. The monoisotopic (exact) mass is 329 g/mol. The summed E-state index contributed by atoms with van der Waals surface area (Å²) < 4.78 is 40.4. The molecule has 2 aliphatic rings. The molecular formula is C16H22F3N3O. The lowest BCUT2D eigenvalue weighted by molar-refractivity contribution is -0.0885. The van der Waals surface area contributed by atoms with Crippen LogP contribution < -0.4 is 5.32 Å². The molecule has 3 rings (SSSR count). The van der Waals surface area contributed by atoms with E-state index in [1.165, 1.54) is 12.3 Å². The maximum atomic E-state index is 12.8. The van der Waals surface area contributed by atoms with E-state index in [0.717, 1.165) is 38.2 Å². The highest BCUT2D eigenvalue weighted by Gasteiger charge is 2.49. The molecule has 1 aromatic rings. The normalized spacial score (nSPS) is 23.7. The van der Waals surface area contributed by atoms with Gasteiger partial charge in [0.25, 0.3) is 5.78 Å². The van der Waals surface area contributed by atoms with Crippen LogP contribution in [0.4, 0.5) is 13.2 Å². The van der Waals surface area contributed by atoms with Crippen molar-refractivity contribution in [3.63, 3.8) is 0 Å². The quantitative estimate of drug-likeness (QED) is 0.805. The number of hydrogen-bond donors (Lipinski definition) is 1. The lowest BCUT2D eigenvalue weighted by Crippen LogP contribution is -2.60. The Morgan fingerprint density at radius 1 is 1.26 bits per heavy atom. The van der Waals surface area contributed by atoms with E-state index in [9.17, 15) is 18.0 Å². The summed E-state index contributed by atoms with van der Waals surface area (Å²) in [6.45, 7) is 6.34. The van der Waals surface area contributed by atoms with Crippen LogP contribution in [-0.4, -0.2) is 48.1 Å². The van der Waals surface area contributed by atoms with E-state index in [0.29, 0.717) is 0 Å². The number of carbonyl (C=O) groups excluding carboxylic acids is 1. The molecule has 1 saturated heterocycles. The molecule has 0 aromatic carbocycles. The third kappa shape index (κ3) is 2.50. The molecular weight excluding hydrogens is 307 g/mol. The minimum absolute atomic E-state index is 0.256. The van der Waals surface area contributed by atoms with Gasteiger partial charge in [-0.15, -0.1) is 0 Å². The highest BCUT2D eigenvalue weighted by Crippen LogP contribution is 2.44. The smallest absolute Gasteiger partial charge is 0.342 e. The highest BCUT2D eigenvalue weighted by atomic mass is 19.4. The first-order chi connectivity index (χ1) is 10.6. The predicted octanol–water partition coefficient (Wildman–Crippen LogP) is 2.49. The fourth-order valence-corrected chi connectivity index (χ4v) is 4.09. The van der Waals surface area contributed by atoms with Gasteiger partial charge in [0.05, 0.1) is 11.1 Å². The van der Waals surface area contributed by atoms with E-state index in [1.54, 1.807) is 0 Å². The summed E-state index contributed by atoms with van der Waals surface area (Å²) in [4.78, 5) is 13.9. The number of fused-ring (bicyclic) bond motifs is 2. The van der Waals surface area contributed by atoms with Crippen LogP contribution in [0.15, 0.2) is 12.3 Å². The number of likely N-dealkylation sites (N-methyl/N-ethyl adjacent to an activating group) is 1. The number of aromatic nitrogens is 1. The molecule has 7 heteroatoms. The summed E-state index contributed by atoms with van der Waals surface area (Å²) in [6, 6.07) is 1.46. The maximum absolute atomic E-state index is 12.8. The molecule has 4 nitrogen and oxygen atoms in total. The fraction of sp³-hybridized carbons (Fsp3) is 0.688. The Morgan fingerprint density at radius 2 is 1.87 bits per heavy atom. The van der Waals surface area contributed by atoms with Gasteiger partial charge in [-0.3, -0.25) is 9.69 Å². The molecule has 0 amide bonds. The molecule has 0 unspecified atom stereocenters. The Morgan fingerprint density at radius 3 is 2.43 bits per heavy atom. The van der Waals surface area contributed by atoms with Crippen molar-refractivity contribution >= 4 is 5.78 Å². The van der Waals surface area contributed by atoms with Crippen LogP contribution >= 0.6 is 0 Å². The zero-order valence-corrected chi connectivity index (χ0v) is 13.6. The second-order valence-corrected chi connectivity index (χ2v) is 7.26. The summed E-state index contributed by atoms with van der Waals surface area (Å²) in [7, 11) is 2.02. The van der Waals surface area contributed by atoms with E-state index in [4.69, 9.17) is 0 Å². The lowest BCUT2D eigenvalue weighted by atomic mass is 9.79. The van der Waals surface area contributed by atoms with E-state index >= 15 is 0 Å². The molecule has 1 fully saturated rings. The third-order valence-electron chi connectivity index (χ3n) is 5.25. The first-order valence-electron chi connectivity index (χ1n) is 7.85. The molecule has 1 aromatic heterocycles. The molecule has 0 saturated carbocycles. The topological polar surface area (TPSA) is 37.3 Å². The number of alkyl halides is 3. The second kappa shape index (κ2) is 5.08. The fourth-order valence-electron chi connectivity index (χ4n) is 4.09. The number of rotatable bonds is 1. The van der Waals surface area contributed by atoms with E-state index in [1.807, 2.05) is 25.5 Å². The average Bonchev–Trinajstić information content (AvgIpc) is 2.91. The van der Waals surface area contributed by atoms with Crippen LogP contribution in [0.1, 0.15) is 42.7 Å². The van der Waals surface area contributed by atoms with Gasteiger partial charge in [0, 0.05) is 24.0 Å². The molecule has 0 bridgehead atoms. The van der Waals surface area contributed by atoms with Gasteiger partial charge in [0.2, 0.25) is 0 Å². The number of Topliss-reactive ketones (excluding diaryl/α,β-unsaturated/α-hetero) is 1. The minimum Gasteiger partial charge on any atom is -0.342 e. The van der Waals surface area contributed by atoms with Crippen LogP contribution in [0.2, 0.25) is 0 Å². The Kier molecular flexibility index (Phi) is 3.65. The molecule has 3 heterocycles. The Hall–Kier alpha value is -1.34. The molecule has 23 heavy (non-hydrogen) atoms. The number of carbonyl (C=O) groups is 1. The van der Waals surface area contributed by atoms with Gasteiger partial charge in [0.15, 0.2) is 0 Å². The molecule has 0 atom stereocenters. The van der Waals surface area contributed by atoms with Crippen LogP contribution in [-0.2, 0) is 11.1 Å². The zero-order chi connectivity index (χ0) is 17.0. The van der Waals surface area contributed by atoms with Gasteiger partial charge in [0.1, 0.15) is 0 Å². The minimum atomic E-state index is -4.84. The van der Waals surface area contributed by atoms with E-state index < -0.39 is 12.0 Å². The first kappa shape index (κ1) is 16.5. The van der Waals surface area contributed by atoms with Gasteiger partial charge in [-0.1, -0.05) is 0 Å². The van der Waals surface area contributed by atoms with Crippen LogP contribution in [0, 0.1) is 0 Å². The highest BCUT2D eigenvalue weighted by molar-refractivity contribution is 6.00. The summed E-state index contributed by atoms with van der Waals surface area (Å²) in [6.07, 6.45) is -1.80. The second-order valence-electron chi connectivity index (χ2n) is 7.26. The molecule has 0 radical (unpaired) electrons. The Bertz CT molecular complexity index is 627. The molecule has 128 valence electrons. The summed E-state index contributed by atoms with van der Waals surface area (Å²) in [5.74, 6) is -1.76. The number of piperidine rings is 1. The van der Waals surface area contributed by atoms with Crippen molar-refractivity contribution in [3.8, 4) is 0 Å². The number of halogens is 3. The molecule has 2 aliphatic heterocycles. The average molecular weight is 329 g/mol. The van der Waals surface area contributed by atoms with Gasteiger partial charge < -0.3 is 9.88 Å². The van der Waals surface area contributed by atoms with E-state index in [-0.39, 0.29) is 16.6 Å². The van der Waals surface area contributed by atoms with Crippen molar-refractivity contribution in [2.24, 2.45) is 0 Å². The Labute approximate surface area is 133 Å². The van der Waals surface area contributed by atoms with E-state index in [2.05, 4.69) is 10.2 Å². The van der Waals surface area contributed by atoms with Crippen LogP contribution in [0.3, 0.4) is 0 Å². The summed E-state index contributed by atoms with van der Waals surface area (Å²) in [5.41, 5.74) is -0.0889. The van der Waals surface area contributed by atoms with Crippen molar-refractivity contribution in [1.82, 2.24) is 14.8 Å². The zero-order valence-electron chi connectivity index (χ0n) is 13.6. The predicted molar refractivity (Wildman–Crippen MR) is 80.6 cm³/mol. The number of nitrogens with zero attached hydrogens (tertiary/aromatic N) is 2. The van der Waals surface area contributed by atoms with Gasteiger partial charge in [-0.25, -0.2) is 0 Å². The van der Waals surface area contributed by atoms with Gasteiger partial charge >= 0.3 is 6.18 Å². The maximum Gasteiger partial charge on any atom is 0.454 e. The first-order valence-corrected chi connectivity index (χ1v) is 7.85. The number of hydrogen-bond acceptors (Lipinski definition) is 3. The van der Waals surface area contributed by atoms with Gasteiger partial charge in [-0.2, -0.15) is 13.2 Å². The standard InChI is InChI=1S/C16H22F3N3O/c1-14(2)10-21(3)15(4-6-20-7-5-15)12-8-11(9-22(12)14)13(23)16(17,18)19/h8-9,20H,4-7,10H2,1-3H3. The molecule has 0 aliphatic carbocycles. The SMILES string of the molecule is CN1CC(C)(C)n2cc(C(=O)C(F)(F)F)cc2C12CCNCC2. The van der Waals surface area contributed by atoms with Crippen LogP contribution in [0.25, 0.3) is 0 Å². The van der Waals surface area contributed by atoms with Crippen LogP contribution in [0.5, 0.6) is 0 Å². The molecule has 1 spiro atoms. The largest absolute Gasteiger partial charge is 0.454 e. The van der Waals surface area contributed by atoms with Crippen molar-refractivity contribution in [2.75, 3.05) is 26.7 Å². The third-order valence-corrected chi connectivity index (χ3v) is 5.25. The summed E-state index contributed by atoms with van der Waals surface area (Å²) in [5, 5.41) is 3.30.